The van der Waals surface area contributed by atoms with Gasteiger partial charge in [-0.3, -0.25) is 4.79 Å². The molecular weight excluding hydrogens is 268 g/mol. The summed E-state index contributed by atoms with van der Waals surface area (Å²) in [5, 5.41) is 3.83. The Hall–Kier alpha value is -1.42. The second-order valence-electron chi connectivity index (χ2n) is 3.10. The van der Waals surface area contributed by atoms with Gasteiger partial charge in [0.25, 0.3) is 5.91 Å². The molecule has 1 aromatic carbocycles. The number of rotatable bonds is 5. The van der Waals surface area contributed by atoms with E-state index >= 15 is 0 Å². The average molecular weight is 281 g/mol. The lowest BCUT2D eigenvalue weighted by Gasteiger charge is -2.01. The van der Waals surface area contributed by atoms with Crippen molar-refractivity contribution in [1.29, 1.82) is 0 Å². The van der Waals surface area contributed by atoms with Gasteiger partial charge in [-0.05, 0) is 40.9 Å². The van der Waals surface area contributed by atoms with Crippen molar-refractivity contribution < 1.29 is 4.79 Å². The Labute approximate surface area is 103 Å². The standard InChI is InChI=1S/C12H13BrN2O/c1-2-3-6-9-14-15-12(16)10-7-4-5-8-11(10)13/h2,4-5,7-9H,1,3,6H2,(H,15,16)/b14-9-. The Morgan fingerprint density at radius 1 is 1.44 bits per heavy atom. The number of hydrogen-bond donors (Lipinski definition) is 1. The fraction of sp³-hybridized carbons (Fsp3) is 0.167. The molecule has 0 aliphatic carbocycles. The summed E-state index contributed by atoms with van der Waals surface area (Å²) in [7, 11) is 0. The van der Waals surface area contributed by atoms with Gasteiger partial charge >= 0.3 is 0 Å². The molecule has 1 amide bonds. The van der Waals surface area contributed by atoms with Gasteiger partial charge in [-0.1, -0.05) is 18.2 Å². The zero-order chi connectivity index (χ0) is 11.8. The van der Waals surface area contributed by atoms with E-state index in [0.717, 1.165) is 17.3 Å². The van der Waals surface area contributed by atoms with Crippen LogP contribution in [0.3, 0.4) is 0 Å². The second kappa shape index (κ2) is 6.95. The highest BCUT2D eigenvalue weighted by Gasteiger charge is 2.06. The van der Waals surface area contributed by atoms with Gasteiger partial charge in [0, 0.05) is 10.7 Å². The number of halogens is 1. The van der Waals surface area contributed by atoms with E-state index < -0.39 is 0 Å². The van der Waals surface area contributed by atoms with Gasteiger partial charge in [-0.25, -0.2) is 5.43 Å². The summed E-state index contributed by atoms with van der Waals surface area (Å²) in [4.78, 5) is 11.6. The van der Waals surface area contributed by atoms with Crippen LogP contribution in [0.4, 0.5) is 0 Å². The highest BCUT2D eigenvalue weighted by atomic mass is 79.9. The van der Waals surface area contributed by atoms with Crippen molar-refractivity contribution in [2.24, 2.45) is 5.10 Å². The molecule has 0 saturated carbocycles. The quantitative estimate of drug-likeness (QED) is 0.383. The predicted octanol–water partition coefficient (Wildman–Crippen LogP) is 3.13. The summed E-state index contributed by atoms with van der Waals surface area (Å²) in [6.45, 7) is 3.60. The Balaban J connectivity index is 2.50. The minimum Gasteiger partial charge on any atom is -0.267 e. The van der Waals surface area contributed by atoms with E-state index in [1.165, 1.54) is 0 Å². The maximum absolute atomic E-state index is 11.6. The molecule has 4 heteroatoms. The van der Waals surface area contributed by atoms with Crippen molar-refractivity contribution in [2.75, 3.05) is 0 Å². The first-order valence-corrected chi connectivity index (χ1v) is 5.72. The Bertz CT molecular complexity index is 402. The number of unbranched alkanes of at least 4 members (excludes halogenated alkanes) is 1. The monoisotopic (exact) mass is 280 g/mol. The maximum Gasteiger partial charge on any atom is 0.272 e. The van der Waals surface area contributed by atoms with Crippen molar-refractivity contribution in [3.05, 3.63) is 47.0 Å². The maximum atomic E-state index is 11.6. The van der Waals surface area contributed by atoms with Gasteiger partial charge in [0.2, 0.25) is 0 Å². The summed E-state index contributed by atoms with van der Waals surface area (Å²) in [5.41, 5.74) is 3.04. The van der Waals surface area contributed by atoms with Gasteiger partial charge in [0.1, 0.15) is 0 Å². The van der Waals surface area contributed by atoms with Crippen LogP contribution < -0.4 is 5.43 Å². The Kier molecular flexibility index (Phi) is 5.50. The van der Waals surface area contributed by atoms with Gasteiger partial charge < -0.3 is 0 Å². The first-order valence-electron chi connectivity index (χ1n) is 4.93. The largest absolute Gasteiger partial charge is 0.272 e. The van der Waals surface area contributed by atoms with E-state index in [-0.39, 0.29) is 5.91 Å². The van der Waals surface area contributed by atoms with Crippen molar-refractivity contribution >= 4 is 28.1 Å². The predicted molar refractivity (Wildman–Crippen MR) is 69.5 cm³/mol. The molecule has 0 unspecified atom stereocenters. The Morgan fingerprint density at radius 2 is 2.19 bits per heavy atom. The first kappa shape index (κ1) is 12.6. The third-order valence-corrected chi connectivity index (χ3v) is 2.57. The molecular formula is C12H13BrN2O. The lowest BCUT2D eigenvalue weighted by atomic mass is 10.2. The molecule has 0 heterocycles. The smallest absolute Gasteiger partial charge is 0.267 e. The van der Waals surface area contributed by atoms with E-state index in [1.54, 1.807) is 18.3 Å². The molecule has 0 spiro atoms. The molecule has 0 aliphatic heterocycles. The molecule has 0 bridgehead atoms. The van der Waals surface area contributed by atoms with E-state index in [4.69, 9.17) is 0 Å². The highest BCUT2D eigenvalue weighted by Crippen LogP contribution is 2.15. The molecule has 0 fully saturated rings. The minimum absolute atomic E-state index is 0.220. The first-order chi connectivity index (χ1) is 7.75. The normalized spacial score (nSPS) is 10.3. The SMILES string of the molecule is C=CCC/C=N\NC(=O)c1ccccc1Br. The van der Waals surface area contributed by atoms with Crippen LogP contribution in [0.2, 0.25) is 0 Å². The van der Waals surface area contributed by atoms with Crippen molar-refractivity contribution in [3.8, 4) is 0 Å². The molecule has 0 radical (unpaired) electrons. The molecule has 0 atom stereocenters. The van der Waals surface area contributed by atoms with Crippen molar-refractivity contribution in [2.45, 2.75) is 12.8 Å². The molecule has 84 valence electrons. The number of benzene rings is 1. The summed E-state index contributed by atoms with van der Waals surface area (Å²) >= 11 is 3.30. The van der Waals surface area contributed by atoms with Gasteiger partial charge in [0.15, 0.2) is 0 Å². The van der Waals surface area contributed by atoms with Crippen LogP contribution in [0.5, 0.6) is 0 Å². The lowest BCUT2D eigenvalue weighted by molar-refractivity contribution is 0.0954. The van der Waals surface area contributed by atoms with Crippen LogP contribution in [0.15, 0.2) is 46.5 Å². The summed E-state index contributed by atoms with van der Waals surface area (Å²) in [6, 6.07) is 7.21. The minimum atomic E-state index is -0.220. The van der Waals surface area contributed by atoms with Crippen LogP contribution in [0.1, 0.15) is 23.2 Å². The molecule has 16 heavy (non-hydrogen) atoms. The Morgan fingerprint density at radius 3 is 2.88 bits per heavy atom. The number of allylic oxidation sites excluding steroid dienone is 1. The van der Waals surface area contributed by atoms with E-state index in [0.29, 0.717) is 5.56 Å². The third-order valence-electron chi connectivity index (χ3n) is 1.88. The second-order valence-corrected chi connectivity index (χ2v) is 3.95. The van der Waals surface area contributed by atoms with Crippen LogP contribution in [0.25, 0.3) is 0 Å². The summed E-state index contributed by atoms with van der Waals surface area (Å²) in [6.07, 6.45) is 5.10. The van der Waals surface area contributed by atoms with Crippen LogP contribution in [-0.4, -0.2) is 12.1 Å². The topological polar surface area (TPSA) is 41.5 Å². The number of carbonyl (C=O) groups is 1. The van der Waals surface area contributed by atoms with E-state index in [9.17, 15) is 4.79 Å². The number of carbonyl (C=O) groups excluding carboxylic acids is 1. The molecule has 0 aliphatic rings. The molecule has 1 N–H and O–H groups in total. The highest BCUT2D eigenvalue weighted by molar-refractivity contribution is 9.10. The molecule has 0 aromatic heterocycles. The van der Waals surface area contributed by atoms with E-state index in [1.807, 2.05) is 18.2 Å². The van der Waals surface area contributed by atoms with Crippen molar-refractivity contribution in [1.82, 2.24) is 5.43 Å². The van der Waals surface area contributed by atoms with Crippen molar-refractivity contribution in [3.63, 3.8) is 0 Å². The number of nitrogens with one attached hydrogen (secondary N) is 1. The molecule has 1 rings (SSSR count). The van der Waals surface area contributed by atoms with Gasteiger partial charge in [0.05, 0.1) is 5.56 Å². The third kappa shape index (κ3) is 3.98. The fourth-order valence-electron chi connectivity index (χ4n) is 1.07. The average Bonchev–Trinajstić information content (AvgIpc) is 2.29. The summed E-state index contributed by atoms with van der Waals surface area (Å²) in [5.74, 6) is -0.220. The number of nitrogens with zero attached hydrogens (tertiary/aromatic N) is 1. The van der Waals surface area contributed by atoms with Gasteiger partial charge in [-0.2, -0.15) is 5.10 Å². The molecule has 0 saturated heterocycles. The van der Waals surface area contributed by atoms with Crippen LogP contribution in [-0.2, 0) is 0 Å². The zero-order valence-electron chi connectivity index (χ0n) is 8.82. The van der Waals surface area contributed by atoms with Crippen LogP contribution >= 0.6 is 15.9 Å². The fourth-order valence-corrected chi connectivity index (χ4v) is 1.53. The number of amides is 1. The molecule has 1 aromatic rings. The number of hydrazone groups is 1. The summed E-state index contributed by atoms with van der Waals surface area (Å²) < 4.78 is 0.758. The van der Waals surface area contributed by atoms with Crippen LogP contribution in [0, 0.1) is 0 Å². The lowest BCUT2D eigenvalue weighted by Crippen LogP contribution is -2.17. The number of hydrogen-bond acceptors (Lipinski definition) is 2. The zero-order valence-corrected chi connectivity index (χ0v) is 10.4. The van der Waals surface area contributed by atoms with E-state index in [2.05, 4.69) is 33.0 Å². The molecule has 3 nitrogen and oxygen atoms in total. The van der Waals surface area contributed by atoms with Gasteiger partial charge in [-0.15, -0.1) is 6.58 Å².